The van der Waals surface area contributed by atoms with E-state index in [1.54, 1.807) is 12.1 Å². The van der Waals surface area contributed by atoms with Crippen LogP contribution in [0.1, 0.15) is 17.5 Å². The van der Waals surface area contributed by atoms with Crippen LogP contribution in [0.4, 0.5) is 5.69 Å². The van der Waals surface area contributed by atoms with E-state index in [1.807, 2.05) is 19.9 Å². The van der Waals surface area contributed by atoms with Crippen LogP contribution in [0.3, 0.4) is 0 Å². The molecule has 1 aromatic rings. The van der Waals surface area contributed by atoms with E-state index in [9.17, 15) is 16.8 Å². The van der Waals surface area contributed by atoms with E-state index in [0.29, 0.717) is 5.69 Å². The molecule has 1 fully saturated rings. The second kappa shape index (κ2) is 4.79. The zero-order chi connectivity index (χ0) is 14.3. The van der Waals surface area contributed by atoms with Crippen LogP contribution in [0.25, 0.3) is 0 Å². The van der Waals surface area contributed by atoms with Gasteiger partial charge in [-0.05, 0) is 43.5 Å². The topological polar surface area (TPSA) is 80.3 Å². The maximum atomic E-state index is 12.1. The number of rotatable bonds is 3. The van der Waals surface area contributed by atoms with Gasteiger partial charge in [-0.3, -0.25) is 4.72 Å². The molecule has 1 atom stereocenters. The zero-order valence-corrected chi connectivity index (χ0v) is 12.5. The number of sulfone groups is 1. The molecule has 0 aliphatic carbocycles. The Morgan fingerprint density at radius 1 is 1.16 bits per heavy atom. The van der Waals surface area contributed by atoms with Gasteiger partial charge in [0.05, 0.1) is 16.8 Å². The van der Waals surface area contributed by atoms with Crippen molar-refractivity contribution in [2.45, 2.75) is 25.5 Å². The van der Waals surface area contributed by atoms with E-state index >= 15 is 0 Å². The van der Waals surface area contributed by atoms with Crippen molar-refractivity contribution in [2.75, 3.05) is 16.2 Å². The van der Waals surface area contributed by atoms with Gasteiger partial charge in [-0.15, -0.1) is 0 Å². The summed E-state index contributed by atoms with van der Waals surface area (Å²) in [5.74, 6) is -0.335. The molecule has 7 heteroatoms. The first-order valence-electron chi connectivity index (χ1n) is 5.98. The highest BCUT2D eigenvalue weighted by Crippen LogP contribution is 2.22. The van der Waals surface area contributed by atoms with Crippen LogP contribution in [-0.2, 0) is 19.9 Å². The Balaban J connectivity index is 2.22. The number of sulfonamides is 1. The maximum Gasteiger partial charge on any atom is 0.236 e. The molecule has 0 spiro atoms. The predicted molar refractivity (Wildman–Crippen MR) is 75.5 cm³/mol. The molecule has 1 aromatic carbocycles. The van der Waals surface area contributed by atoms with Crippen LogP contribution in [-0.4, -0.2) is 33.6 Å². The van der Waals surface area contributed by atoms with Gasteiger partial charge >= 0.3 is 0 Å². The van der Waals surface area contributed by atoms with E-state index < -0.39 is 25.1 Å². The van der Waals surface area contributed by atoms with E-state index in [2.05, 4.69) is 4.72 Å². The first-order valence-corrected chi connectivity index (χ1v) is 9.35. The number of anilines is 1. The minimum atomic E-state index is -3.65. The Labute approximate surface area is 114 Å². The highest BCUT2D eigenvalue weighted by atomic mass is 32.2. The van der Waals surface area contributed by atoms with Crippen LogP contribution in [0.5, 0.6) is 0 Å². The van der Waals surface area contributed by atoms with Crippen molar-refractivity contribution in [3.8, 4) is 0 Å². The second-order valence-corrected chi connectivity index (χ2v) is 9.24. The summed E-state index contributed by atoms with van der Waals surface area (Å²) in [7, 11) is -6.85. The molecular formula is C12H17NO4S2. The first-order chi connectivity index (χ1) is 8.68. The lowest BCUT2D eigenvalue weighted by Crippen LogP contribution is -2.28. The number of aryl methyl sites for hydroxylation is 2. The quantitative estimate of drug-likeness (QED) is 0.911. The molecule has 0 aromatic heterocycles. The van der Waals surface area contributed by atoms with E-state index in [1.165, 1.54) is 0 Å². The molecule has 1 N–H and O–H groups in total. The third-order valence-corrected chi connectivity index (χ3v) is 6.89. The van der Waals surface area contributed by atoms with Crippen LogP contribution in [0.15, 0.2) is 18.2 Å². The van der Waals surface area contributed by atoms with Gasteiger partial charge in [-0.1, -0.05) is 6.07 Å². The van der Waals surface area contributed by atoms with Crippen molar-refractivity contribution in [3.05, 3.63) is 29.3 Å². The van der Waals surface area contributed by atoms with Gasteiger partial charge in [0.25, 0.3) is 0 Å². The molecule has 0 bridgehead atoms. The van der Waals surface area contributed by atoms with Gasteiger partial charge in [0.15, 0.2) is 9.84 Å². The highest BCUT2D eigenvalue weighted by molar-refractivity contribution is 7.97. The molecule has 0 unspecified atom stereocenters. The molecule has 0 amide bonds. The summed E-state index contributed by atoms with van der Waals surface area (Å²) in [6.07, 6.45) is 0.169. The Morgan fingerprint density at radius 2 is 1.74 bits per heavy atom. The summed E-state index contributed by atoms with van der Waals surface area (Å²) < 4.78 is 49.5. The zero-order valence-electron chi connectivity index (χ0n) is 10.9. The summed E-state index contributed by atoms with van der Waals surface area (Å²) in [5, 5.41) is -0.849. The van der Waals surface area contributed by atoms with Gasteiger partial charge in [0.1, 0.15) is 0 Å². The highest BCUT2D eigenvalue weighted by Gasteiger charge is 2.37. The van der Waals surface area contributed by atoms with Gasteiger partial charge in [-0.25, -0.2) is 16.8 Å². The van der Waals surface area contributed by atoms with Gasteiger partial charge in [0, 0.05) is 5.69 Å². The van der Waals surface area contributed by atoms with Crippen LogP contribution in [0.2, 0.25) is 0 Å². The van der Waals surface area contributed by atoms with E-state index in [-0.39, 0.29) is 17.9 Å². The molecule has 0 radical (unpaired) electrons. The minimum Gasteiger partial charge on any atom is -0.283 e. The average molecular weight is 303 g/mol. The fraction of sp³-hybridized carbons (Fsp3) is 0.500. The Bertz CT molecular complexity index is 672. The third-order valence-electron chi connectivity index (χ3n) is 3.11. The summed E-state index contributed by atoms with van der Waals surface area (Å²) in [6, 6.07) is 5.40. The van der Waals surface area contributed by atoms with Crippen molar-refractivity contribution >= 4 is 25.5 Å². The Morgan fingerprint density at radius 3 is 2.21 bits per heavy atom. The molecule has 1 aliphatic rings. The van der Waals surface area contributed by atoms with E-state index in [4.69, 9.17) is 0 Å². The molecule has 5 nitrogen and oxygen atoms in total. The smallest absolute Gasteiger partial charge is 0.236 e. The number of nitrogens with one attached hydrogen (secondary N) is 1. The summed E-state index contributed by atoms with van der Waals surface area (Å²) in [4.78, 5) is 0. The number of benzene rings is 1. The monoisotopic (exact) mass is 303 g/mol. The van der Waals surface area contributed by atoms with Gasteiger partial charge in [0.2, 0.25) is 10.0 Å². The number of hydrogen-bond donors (Lipinski definition) is 1. The largest absolute Gasteiger partial charge is 0.283 e. The lowest BCUT2D eigenvalue weighted by Gasteiger charge is -2.13. The van der Waals surface area contributed by atoms with Crippen molar-refractivity contribution in [1.82, 2.24) is 0 Å². The second-order valence-electron chi connectivity index (χ2n) is 5.05. The Hall–Kier alpha value is -1.08. The molecule has 106 valence electrons. The fourth-order valence-electron chi connectivity index (χ4n) is 2.29. The lowest BCUT2D eigenvalue weighted by molar-refractivity contribution is 0.587. The molecular weight excluding hydrogens is 286 g/mol. The van der Waals surface area contributed by atoms with Crippen LogP contribution >= 0.6 is 0 Å². The summed E-state index contributed by atoms with van der Waals surface area (Å²) >= 11 is 0. The minimum absolute atomic E-state index is 0.0502. The third kappa shape index (κ3) is 3.48. The molecule has 1 saturated heterocycles. The lowest BCUT2D eigenvalue weighted by atomic mass is 10.1. The van der Waals surface area contributed by atoms with Crippen LogP contribution < -0.4 is 4.72 Å². The molecule has 1 heterocycles. The van der Waals surface area contributed by atoms with E-state index in [0.717, 1.165) is 11.1 Å². The Kier molecular flexibility index (Phi) is 3.61. The predicted octanol–water partition coefficient (Wildman–Crippen LogP) is 1.23. The maximum absolute atomic E-state index is 12.1. The molecule has 0 saturated carbocycles. The average Bonchev–Trinajstić information content (AvgIpc) is 2.57. The molecule has 2 rings (SSSR count). The van der Waals surface area contributed by atoms with Crippen LogP contribution in [0, 0.1) is 13.8 Å². The van der Waals surface area contributed by atoms with Gasteiger partial charge < -0.3 is 0 Å². The van der Waals surface area contributed by atoms with Crippen molar-refractivity contribution < 1.29 is 16.8 Å². The summed E-state index contributed by atoms with van der Waals surface area (Å²) in [6.45, 7) is 3.76. The normalized spacial score (nSPS) is 22.3. The fourth-order valence-corrected chi connectivity index (χ4v) is 6.36. The van der Waals surface area contributed by atoms with Gasteiger partial charge in [-0.2, -0.15) is 0 Å². The SMILES string of the molecule is Cc1cc(C)cc(NS(=O)(=O)[C@H]2CCS(=O)(=O)C2)c1. The van der Waals surface area contributed by atoms with Crippen molar-refractivity contribution in [1.29, 1.82) is 0 Å². The molecule has 19 heavy (non-hydrogen) atoms. The molecule has 1 aliphatic heterocycles. The number of hydrogen-bond acceptors (Lipinski definition) is 4. The standard InChI is InChI=1S/C12H17NO4S2/c1-9-5-10(2)7-11(6-9)13-19(16,17)12-3-4-18(14,15)8-12/h5-7,12-13H,3-4,8H2,1-2H3/t12-/m0/s1. The summed E-state index contributed by atoms with van der Waals surface area (Å²) in [5.41, 5.74) is 2.40. The first kappa shape index (κ1) is 14.3. The van der Waals surface area contributed by atoms with Crippen molar-refractivity contribution in [2.24, 2.45) is 0 Å². The van der Waals surface area contributed by atoms with Crippen molar-refractivity contribution in [3.63, 3.8) is 0 Å².